The van der Waals surface area contributed by atoms with Crippen molar-refractivity contribution in [3.8, 4) is 0 Å². The van der Waals surface area contributed by atoms with E-state index in [2.05, 4.69) is 13.8 Å². The van der Waals surface area contributed by atoms with Crippen molar-refractivity contribution in [3.05, 3.63) is 0 Å². The summed E-state index contributed by atoms with van der Waals surface area (Å²) in [7, 11) is 0. The van der Waals surface area contributed by atoms with Gasteiger partial charge >= 0.3 is 5.97 Å². The summed E-state index contributed by atoms with van der Waals surface area (Å²) in [5.41, 5.74) is -0.775. The fraction of sp³-hybridized carbons (Fsp3) is 0.857. The number of hydrogen-bond acceptors (Lipinski definition) is 2. The predicted octanol–water partition coefficient (Wildman–Crippen LogP) is 2.28. The lowest BCUT2D eigenvalue weighted by molar-refractivity contribution is -0.153. The molecule has 4 nitrogen and oxygen atoms in total. The van der Waals surface area contributed by atoms with Crippen molar-refractivity contribution in [2.45, 2.75) is 58.4 Å². The molecule has 0 aromatic heterocycles. The first-order valence-electron chi connectivity index (χ1n) is 6.97. The van der Waals surface area contributed by atoms with Gasteiger partial charge in [-0.1, -0.05) is 19.8 Å². The van der Waals surface area contributed by atoms with Crippen molar-refractivity contribution in [2.75, 3.05) is 6.54 Å². The SMILES string of the molecule is CC1CC(C)N(C(=O)CC2(C(=O)O)CCCC2)C1. The highest BCUT2D eigenvalue weighted by Crippen LogP contribution is 2.42. The van der Waals surface area contributed by atoms with Crippen LogP contribution in [-0.2, 0) is 9.59 Å². The number of carboxylic acids is 1. The number of rotatable bonds is 3. The van der Waals surface area contributed by atoms with Crippen molar-refractivity contribution >= 4 is 11.9 Å². The van der Waals surface area contributed by atoms with Gasteiger partial charge in [-0.05, 0) is 32.1 Å². The van der Waals surface area contributed by atoms with Crippen LogP contribution in [0.5, 0.6) is 0 Å². The Morgan fingerprint density at radius 1 is 1.28 bits per heavy atom. The van der Waals surface area contributed by atoms with Crippen LogP contribution in [-0.4, -0.2) is 34.5 Å². The summed E-state index contributed by atoms with van der Waals surface area (Å²) in [6, 6.07) is 0.264. The average Bonchev–Trinajstić information content (AvgIpc) is 2.86. The van der Waals surface area contributed by atoms with E-state index in [4.69, 9.17) is 0 Å². The molecule has 1 amide bonds. The van der Waals surface area contributed by atoms with Gasteiger partial charge in [0.15, 0.2) is 0 Å². The van der Waals surface area contributed by atoms with Gasteiger partial charge in [-0.2, -0.15) is 0 Å². The Hall–Kier alpha value is -1.06. The maximum atomic E-state index is 12.3. The summed E-state index contributed by atoms with van der Waals surface area (Å²) in [6.07, 6.45) is 4.42. The zero-order chi connectivity index (χ0) is 13.3. The van der Waals surface area contributed by atoms with E-state index in [1.807, 2.05) is 4.90 Å². The Morgan fingerprint density at radius 2 is 1.89 bits per heavy atom. The van der Waals surface area contributed by atoms with Crippen LogP contribution in [0.1, 0.15) is 52.4 Å². The van der Waals surface area contributed by atoms with Crippen LogP contribution in [0.4, 0.5) is 0 Å². The van der Waals surface area contributed by atoms with Crippen molar-refractivity contribution in [3.63, 3.8) is 0 Å². The highest BCUT2D eigenvalue weighted by molar-refractivity contribution is 5.85. The molecule has 1 saturated carbocycles. The molecular weight excluding hydrogens is 230 g/mol. The van der Waals surface area contributed by atoms with Crippen LogP contribution in [0.15, 0.2) is 0 Å². The summed E-state index contributed by atoms with van der Waals surface area (Å²) >= 11 is 0. The summed E-state index contributed by atoms with van der Waals surface area (Å²) in [5, 5.41) is 9.40. The molecule has 0 radical (unpaired) electrons. The van der Waals surface area contributed by atoms with Gasteiger partial charge in [-0.25, -0.2) is 0 Å². The van der Waals surface area contributed by atoms with E-state index in [0.717, 1.165) is 25.8 Å². The van der Waals surface area contributed by atoms with E-state index in [9.17, 15) is 14.7 Å². The first-order chi connectivity index (χ1) is 8.44. The fourth-order valence-corrected chi connectivity index (χ4v) is 3.56. The molecule has 0 bridgehead atoms. The zero-order valence-corrected chi connectivity index (χ0v) is 11.3. The molecule has 2 fully saturated rings. The topological polar surface area (TPSA) is 57.6 Å². The lowest BCUT2D eigenvalue weighted by atomic mass is 9.82. The second-order valence-corrected chi connectivity index (χ2v) is 6.21. The van der Waals surface area contributed by atoms with Gasteiger partial charge in [-0.3, -0.25) is 9.59 Å². The quantitative estimate of drug-likeness (QED) is 0.839. The number of carbonyl (C=O) groups excluding carboxylic acids is 1. The molecule has 0 aromatic carbocycles. The van der Waals surface area contributed by atoms with Gasteiger partial charge < -0.3 is 10.0 Å². The molecule has 4 heteroatoms. The van der Waals surface area contributed by atoms with Crippen LogP contribution >= 0.6 is 0 Å². The van der Waals surface area contributed by atoms with E-state index in [-0.39, 0.29) is 18.4 Å². The highest BCUT2D eigenvalue weighted by atomic mass is 16.4. The number of carboxylic acid groups (broad SMARTS) is 1. The van der Waals surface area contributed by atoms with Crippen LogP contribution in [0.25, 0.3) is 0 Å². The summed E-state index contributed by atoms with van der Waals surface area (Å²) in [5.74, 6) is -0.210. The fourth-order valence-electron chi connectivity index (χ4n) is 3.56. The zero-order valence-electron chi connectivity index (χ0n) is 11.3. The van der Waals surface area contributed by atoms with Gasteiger partial charge in [0.2, 0.25) is 5.91 Å². The van der Waals surface area contributed by atoms with Gasteiger partial charge in [0, 0.05) is 19.0 Å². The molecule has 102 valence electrons. The molecule has 0 spiro atoms. The standard InChI is InChI=1S/C14H23NO3/c1-10-7-11(2)15(9-10)12(16)8-14(13(17)18)5-3-4-6-14/h10-11H,3-9H2,1-2H3,(H,17,18). The van der Waals surface area contributed by atoms with E-state index >= 15 is 0 Å². The molecule has 2 aliphatic rings. The number of hydrogen-bond donors (Lipinski definition) is 1. The van der Waals surface area contributed by atoms with Crippen molar-refractivity contribution in [2.24, 2.45) is 11.3 Å². The third-order valence-corrected chi connectivity index (χ3v) is 4.61. The van der Waals surface area contributed by atoms with E-state index in [1.54, 1.807) is 0 Å². The van der Waals surface area contributed by atoms with Crippen LogP contribution in [0.2, 0.25) is 0 Å². The molecular formula is C14H23NO3. The molecule has 2 atom stereocenters. The number of aliphatic carboxylic acids is 1. The molecule has 0 aromatic rings. The molecule has 1 heterocycles. The Kier molecular flexibility index (Phi) is 3.64. The second-order valence-electron chi connectivity index (χ2n) is 6.21. The number of carbonyl (C=O) groups is 2. The number of nitrogens with zero attached hydrogens (tertiary/aromatic N) is 1. The van der Waals surface area contributed by atoms with Crippen LogP contribution in [0.3, 0.4) is 0 Å². The Morgan fingerprint density at radius 3 is 2.33 bits per heavy atom. The maximum Gasteiger partial charge on any atom is 0.310 e. The number of amides is 1. The summed E-state index contributed by atoms with van der Waals surface area (Å²) in [4.78, 5) is 25.7. The van der Waals surface area contributed by atoms with Gasteiger partial charge in [-0.15, -0.1) is 0 Å². The van der Waals surface area contributed by atoms with Crippen molar-refractivity contribution < 1.29 is 14.7 Å². The predicted molar refractivity (Wildman–Crippen MR) is 68.1 cm³/mol. The van der Waals surface area contributed by atoms with Crippen LogP contribution in [0, 0.1) is 11.3 Å². The third kappa shape index (κ3) is 2.38. The molecule has 1 aliphatic carbocycles. The molecule has 1 saturated heterocycles. The van der Waals surface area contributed by atoms with Crippen molar-refractivity contribution in [1.82, 2.24) is 4.90 Å². The van der Waals surface area contributed by atoms with E-state index in [0.29, 0.717) is 18.8 Å². The first kappa shape index (κ1) is 13.4. The largest absolute Gasteiger partial charge is 0.481 e. The van der Waals surface area contributed by atoms with E-state index in [1.165, 1.54) is 0 Å². The second kappa shape index (κ2) is 4.90. The lowest BCUT2D eigenvalue weighted by Crippen LogP contribution is -2.40. The maximum absolute atomic E-state index is 12.3. The molecule has 2 unspecified atom stereocenters. The molecule has 2 rings (SSSR count). The van der Waals surface area contributed by atoms with Crippen molar-refractivity contribution in [1.29, 1.82) is 0 Å². The third-order valence-electron chi connectivity index (χ3n) is 4.61. The average molecular weight is 253 g/mol. The summed E-state index contributed by atoms with van der Waals surface area (Å²) in [6.45, 7) is 4.99. The first-order valence-corrected chi connectivity index (χ1v) is 6.97. The Labute approximate surface area is 108 Å². The lowest BCUT2D eigenvalue weighted by Gasteiger charge is -2.28. The van der Waals surface area contributed by atoms with Crippen LogP contribution < -0.4 is 0 Å². The normalized spacial score (nSPS) is 30.7. The minimum atomic E-state index is -0.784. The molecule has 1 aliphatic heterocycles. The molecule has 18 heavy (non-hydrogen) atoms. The van der Waals surface area contributed by atoms with Gasteiger partial charge in [0.05, 0.1) is 5.41 Å². The highest BCUT2D eigenvalue weighted by Gasteiger charge is 2.44. The minimum absolute atomic E-state index is 0.0381. The smallest absolute Gasteiger partial charge is 0.310 e. The van der Waals surface area contributed by atoms with Gasteiger partial charge in [0.25, 0.3) is 0 Å². The Balaban J connectivity index is 2.04. The molecule has 1 N–H and O–H groups in total. The monoisotopic (exact) mass is 253 g/mol. The Bertz CT molecular complexity index is 347. The minimum Gasteiger partial charge on any atom is -0.481 e. The van der Waals surface area contributed by atoms with E-state index < -0.39 is 11.4 Å². The summed E-state index contributed by atoms with van der Waals surface area (Å²) < 4.78 is 0. The number of likely N-dealkylation sites (tertiary alicyclic amines) is 1. The van der Waals surface area contributed by atoms with Gasteiger partial charge in [0.1, 0.15) is 0 Å².